The molecule has 1 saturated heterocycles. The van der Waals surface area contributed by atoms with Crippen molar-refractivity contribution in [1.82, 2.24) is 5.32 Å². The van der Waals surface area contributed by atoms with Crippen molar-refractivity contribution in [3.63, 3.8) is 0 Å². The molecule has 0 saturated carbocycles. The van der Waals surface area contributed by atoms with Crippen LogP contribution in [0.3, 0.4) is 0 Å². The summed E-state index contributed by atoms with van der Waals surface area (Å²) in [5.41, 5.74) is 0. The van der Waals surface area contributed by atoms with Crippen LogP contribution in [-0.4, -0.2) is 18.4 Å². The summed E-state index contributed by atoms with van der Waals surface area (Å²) in [6.07, 6.45) is 8.05. The predicted molar refractivity (Wildman–Crippen MR) is 50.1 cm³/mol. The van der Waals surface area contributed by atoms with Crippen LogP contribution in [0.25, 0.3) is 0 Å². The van der Waals surface area contributed by atoms with Crippen molar-refractivity contribution in [1.29, 1.82) is 0 Å². The maximum absolute atomic E-state index is 10.9. The zero-order chi connectivity index (χ0) is 8.81. The Labute approximate surface area is 74.0 Å². The van der Waals surface area contributed by atoms with E-state index in [0.29, 0.717) is 12.5 Å². The quantitative estimate of drug-likeness (QED) is 0.648. The Bertz CT molecular complexity index is 169. The van der Waals surface area contributed by atoms with Crippen molar-refractivity contribution in [2.45, 2.75) is 38.6 Å². The molecular formula is C10H17NO. The fraction of sp³-hybridized carbons (Fsp3) is 0.700. The molecule has 1 aliphatic rings. The van der Waals surface area contributed by atoms with Gasteiger partial charge in [-0.15, -0.1) is 0 Å². The zero-order valence-electron chi connectivity index (χ0n) is 7.68. The molecule has 0 amide bonds. The number of ketones is 1. The van der Waals surface area contributed by atoms with E-state index in [1.165, 1.54) is 19.3 Å². The van der Waals surface area contributed by atoms with Gasteiger partial charge in [0, 0.05) is 12.5 Å². The third-order valence-corrected chi connectivity index (χ3v) is 2.21. The van der Waals surface area contributed by atoms with Gasteiger partial charge in [-0.2, -0.15) is 0 Å². The average Bonchev–Trinajstić information content (AvgIpc) is 2.16. The molecule has 0 bridgehead atoms. The van der Waals surface area contributed by atoms with Gasteiger partial charge in [0.2, 0.25) is 0 Å². The summed E-state index contributed by atoms with van der Waals surface area (Å²) < 4.78 is 0. The second-order valence-corrected chi connectivity index (χ2v) is 3.24. The number of nitrogens with one attached hydrogen (secondary N) is 1. The van der Waals surface area contributed by atoms with E-state index < -0.39 is 0 Å². The molecule has 0 aromatic rings. The largest absolute Gasteiger partial charge is 0.311 e. The van der Waals surface area contributed by atoms with Crippen LogP contribution >= 0.6 is 0 Å². The van der Waals surface area contributed by atoms with Crippen molar-refractivity contribution in [3.05, 3.63) is 12.2 Å². The van der Waals surface area contributed by atoms with Crippen LogP contribution in [0.15, 0.2) is 12.2 Å². The van der Waals surface area contributed by atoms with E-state index in [0.717, 1.165) is 6.54 Å². The summed E-state index contributed by atoms with van der Waals surface area (Å²) in [7, 11) is 0. The minimum atomic E-state index is 0.224. The molecule has 1 heterocycles. The van der Waals surface area contributed by atoms with Gasteiger partial charge >= 0.3 is 0 Å². The van der Waals surface area contributed by atoms with Crippen molar-refractivity contribution in [2.75, 3.05) is 6.54 Å². The van der Waals surface area contributed by atoms with E-state index in [1.54, 1.807) is 6.08 Å². The van der Waals surface area contributed by atoms with Crippen molar-refractivity contribution in [2.24, 2.45) is 0 Å². The third-order valence-electron chi connectivity index (χ3n) is 2.21. The molecule has 0 aliphatic carbocycles. The van der Waals surface area contributed by atoms with Gasteiger partial charge in [0.1, 0.15) is 0 Å². The van der Waals surface area contributed by atoms with Gasteiger partial charge in [0.05, 0.1) is 0 Å². The number of rotatable bonds is 3. The summed E-state index contributed by atoms with van der Waals surface area (Å²) in [4.78, 5) is 10.9. The second kappa shape index (κ2) is 5.09. The Morgan fingerprint density at radius 3 is 3.00 bits per heavy atom. The molecule has 0 aromatic carbocycles. The standard InChI is InChI=1S/C10H17NO/c1-2-10(12)7-6-9-5-3-4-8-11-9/h6-7,9,11H,2-5,8H2,1H3/b7-6+. The first kappa shape index (κ1) is 9.46. The fourth-order valence-electron chi connectivity index (χ4n) is 1.38. The molecule has 1 fully saturated rings. The molecule has 1 aliphatic heterocycles. The molecule has 1 N–H and O–H groups in total. The minimum absolute atomic E-state index is 0.224. The molecule has 0 aromatic heterocycles. The molecule has 1 atom stereocenters. The van der Waals surface area contributed by atoms with E-state index in [4.69, 9.17) is 0 Å². The Kier molecular flexibility index (Phi) is 4.01. The van der Waals surface area contributed by atoms with Gasteiger partial charge in [-0.1, -0.05) is 19.4 Å². The monoisotopic (exact) mass is 167 g/mol. The Morgan fingerprint density at radius 2 is 2.42 bits per heavy atom. The number of carbonyl (C=O) groups excluding carboxylic acids is 1. The SMILES string of the molecule is CCC(=O)/C=C/C1CCCCN1. The molecule has 2 nitrogen and oxygen atoms in total. The van der Waals surface area contributed by atoms with Crippen LogP contribution < -0.4 is 5.32 Å². The molecule has 12 heavy (non-hydrogen) atoms. The van der Waals surface area contributed by atoms with Crippen molar-refractivity contribution in [3.8, 4) is 0 Å². The van der Waals surface area contributed by atoms with E-state index in [2.05, 4.69) is 5.32 Å². The summed E-state index contributed by atoms with van der Waals surface area (Å²) in [6.45, 7) is 2.98. The van der Waals surface area contributed by atoms with Crippen LogP contribution in [0.5, 0.6) is 0 Å². The van der Waals surface area contributed by atoms with Gasteiger partial charge in [-0.3, -0.25) is 4.79 Å². The van der Waals surface area contributed by atoms with Crippen LogP contribution in [0, 0.1) is 0 Å². The topological polar surface area (TPSA) is 29.1 Å². The highest BCUT2D eigenvalue weighted by molar-refractivity contribution is 5.89. The smallest absolute Gasteiger partial charge is 0.155 e. The Hall–Kier alpha value is -0.630. The predicted octanol–water partition coefficient (Wildman–Crippen LogP) is 1.66. The number of hydrogen-bond donors (Lipinski definition) is 1. The van der Waals surface area contributed by atoms with E-state index in [-0.39, 0.29) is 5.78 Å². The maximum atomic E-state index is 10.9. The molecular weight excluding hydrogens is 150 g/mol. The molecule has 0 radical (unpaired) electrons. The Morgan fingerprint density at radius 1 is 1.58 bits per heavy atom. The maximum Gasteiger partial charge on any atom is 0.155 e. The van der Waals surface area contributed by atoms with Crippen molar-refractivity contribution >= 4 is 5.78 Å². The highest BCUT2D eigenvalue weighted by atomic mass is 16.1. The van der Waals surface area contributed by atoms with Gasteiger partial charge in [-0.25, -0.2) is 0 Å². The third kappa shape index (κ3) is 3.18. The van der Waals surface area contributed by atoms with Gasteiger partial charge < -0.3 is 5.32 Å². The lowest BCUT2D eigenvalue weighted by atomic mass is 10.0. The minimum Gasteiger partial charge on any atom is -0.311 e. The molecule has 0 spiro atoms. The fourth-order valence-corrected chi connectivity index (χ4v) is 1.38. The molecule has 2 heteroatoms. The normalized spacial score (nSPS) is 24.6. The van der Waals surface area contributed by atoms with E-state index >= 15 is 0 Å². The van der Waals surface area contributed by atoms with Gasteiger partial charge in [0.25, 0.3) is 0 Å². The van der Waals surface area contributed by atoms with Crippen LogP contribution in [-0.2, 0) is 4.79 Å². The summed E-state index contributed by atoms with van der Waals surface area (Å²) >= 11 is 0. The number of carbonyl (C=O) groups is 1. The first-order valence-electron chi connectivity index (χ1n) is 4.77. The summed E-state index contributed by atoms with van der Waals surface area (Å²) in [5, 5.41) is 3.36. The molecule has 68 valence electrons. The molecule has 1 unspecified atom stereocenters. The zero-order valence-corrected chi connectivity index (χ0v) is 7.68. The molecule has 1 rings (SSSR count). The number of hydrogen-bond acceptors (Lipinski definition) is 2. The highest BCUT2D eigenvalue weighted by Gasteiger charge is 2.08. The second-order valence-electron chi connectivity index (χ2n) is 3.24. The van der Waals surface area contributed by atoms with E-state index in [9.17, 15) is 4.79 Å². The van der Waals surface area contributed by atoms with Crippen LogP contribution in [0.4, 0.5) is 0 Å². The number of allylic oxidation sites excluding steroid dienone is 1. The Balaban J connectivity index is 2.28. The lowest BCUT2D eigenvalue weighted by Gasteiger charge is -2.19. The summed E-state index contributed by atoms with van der Waals surface area (Å²) in [5.74, 6) is 0.224. The first-order chi connectivity index (χ1) is 5.83. The lowest BCUT2D eigenvalue weighted by molar-refractivity contribution is -0.114. The highest BCUT2D eigenvalue weighted by Crippen LogP contribution is 2.07. The van der Waals surface area contributed by atoms with Crippen LogP contribution in [0.2, 0.25) is 0 Å². The lowest BCUT2D eigenvalue weighted by Crippen LogP contribution is -2.32. The van der Waals surface area contributed by atoms with E-state index in [1.807, 2.05) is 13.0 Å². The number of piperidine rings is 1. The van der Waals surface area contributed by atoms with Gasteiger partial charge in [-0.05, 0) is 25.5 Å². The average molecular weight is 167 g/mol. The van der Waals surface area contributed by atoms with Crippen molar-refractivity contribution < 1.29 is 4.79 Å². The van der Waals surface area contributed by atoms with Crippen LogP contribution in [0.1, 0.15) is 32.6 Å². The first-order valence-corrected chi connectivity index (χ1v) is 4.77. The summed E-state index contributed by atoms with van der Waals surface area (Å²) in [6, 6.07) is 0.439. The van der Waals surface area contributed by atoms with Gasteiger partial charge in [0.15, 0.2) is 5.78 Å².